The van der Waals surface area contributed by atoms with Crippen LogP contribution in [0.25, 0.3) is 0 Å². The van der Waals surface area contributed by atoms with Crippen LogP contribution < -0.4 is 0 Å². The van der Waals surface area contributed by atoms with Crippen LogP contribution in [-0.2, 0) is 0 Å². The summed E-state index contributed by atoms with van der Waals surface area (Å²) in [4.78, 5) is 0. The van der Waals surface area contributed by atoms with Crippen molar-refractivity contribution in [3.05, 3.63) is 0 Å². The maximum atomic E-state index is 10.4. The molecule has 0 amide bonds. The molecular weight excluding hydrogens is 260 g/mol. The Labute approximate surface area is 131 Å². The van der Waals surface area contributed by atoms with Crippen molar-refractivity contribution in [2.75, 3.05) is 0 Å². The van der Waals surface area contributed by atoms with E-state index in [1.165, 1.54) is 25.7 Å². The summed E-state index contributed by atoms with van der Waals surface area (Å²) in [5, 5.41) is 20.3. The van der Waals surface area contributed by atoms with Gasteiger partial charge in [0.15, 0.2) is 0 Å². The molecule has 0 saturated heterocycles. The van der Waals surface area contributed by atoms with E-state index in [1.54, 1.807) is 0 Å². The smallest absolute Gasteiger partial charge is 0.0591 e. The monoisotopic (exact) mass is 296 g/mol. The van der Waals surface area contributed by atoms with Crippen molar-refractivity contribution >= 4 is 0 Å². The van der Waals surface area contributed by atoms with Crippen LogP contribution in [0.3, 0.4) is 0 Å². The third kappa shape index (κ3) is 3.64. The fraction of sp³-hybridized carbons (Fsp3) is 1.00. The van der Waals surface area contributed by atoms with Gasteiger partial charge in [0.25, 0.3) is 0 Å². The van der Waals surface area contributed by atoms with Crippen LogP contribution in [0.1, 0.15) is 79.6 Å². The van der Waals surface area contributed by atoms with E-state index in [9.17, 15) is 10.2 Å². The number of aliphatic hydroxyl groups excluding tert-OH is 1. The lowest BCUT2D eigenvalue weighted by molar-refractivity contribution is -0.0337. The molecule has 0 aliphatic heterocycles. The van der Waals surface area contributed by atoms with E-state index >= 15 is 0 Å². The molecule has 2 rings (SSSR count). The van der Waals surface area contributed by atoms with Gasteiger partial charge in [-0.3, -0.25) is 0 Å². The number of hydrogen-bond donors (Lipinski definition) is 2. The first kappa shape index (κ1) is 17.3. The molecule has 21 heavy (non-hydrogen) atoms. The topological polar surface area (TPSA) is 40.5 Å². The molecule has 2 saturated carbocycles. The Bertz CT molecular complexity index is 346. The lowest BCUT2D eigenvalue weighted by Gasteiger charge is -2.46. The van der Waals surface area contributed by atoms with Gasteiger partial charge in [0.2, 0.25) is 0 Å². The molecule has 2 nitrogen and oxygen atoms in total. The summed E-state index contributed by atoms with van der Waals surface area (Å²) in [6, 6.07) is 0. The van der Waals surface area contributed by atoms with Gasteiger partial charge in [-0.25, -0.2) is 0 Å². The van der Waals surface area contributed by atoms with Crippen molar-refractivity contribution in [1.82, 2.24) is 0 Å². The maximum Gasteiger partial charge on any atom is 0.0591 e. The molecule has 0 heterocycles. The molecule has 0 radical (unpaired) electrons. The van der Waals surface area contributed by atoms with Gasteiger partial charge in [-0.2, -0.15) is 0 Å². The van der Waals surface area contributed by atoms with Crippen molar-refractivity contribution in [3.63, 3.8) is 0 Å². The fourth-order valence-electron chi connectivity index (χ4n) is 5.29. The first-order valence-corrected chi connectivity index (χ1v) is 9.05. The van der Waals surface area contributed by atoms with E-state index in [1.807, 2.05) is 13.8 Å². The molecule has 2 aliphatic carbocycles. The summed E-state index contributed by atoms with van der Waals surface area (Å²) < 4.78 is 0. The SMILES string of the molecule is C[C@H]([C@H](C)CCC(C)(C)O)[C@H]1CC[C@H]2[C@@H](O)CCC[C@]12C. The van der Waals surface area contributed by atoms with Crippen molar-refractivity contribution in [2.45, 2.75) is 91.3 Å². The molecule has 0 aromatic rings. The lowest BCUT2D eigenvalue weighted by atomic mass is 9.60. The highest BCUT2D eigenvalue weighted by molar-refractivity contribution is 5.02. The highest BCUT2D eigenvalue weighted by Gasteiger charge is 2.52. The molecular formula is C19H36O2. The third-order valence-electron chi connectivity index (χ3n) is 6.91. The van der Waals surface area contributed by atoms with E-state index in [-0.39, 0.29) is 6.10 Å². The van der Waals surface area contributed by atoms with Gasteiger partial charge in [0, 0.05) is 0 Å². The normalized spacial score (nSPS) is 39.9. The number of rotatable bonds is 5. The lowest BCUT2D eigenvalue weighted by Crippen LogP contribution is -2.42. The van der Waals surface area contributed by atoms with E-state index < -0.39 is 5.60 Å². The van der Waals surface area contributed by atoms with Gasteiger partial charge in [-0.1, -0.05) is 27.2 Å². The fourth-order valence-corrected chi connectivity index (χ4v) is 5.29. The zero-order valence-corrected chi connectivity index (χ0v) is 14.7. The van der Waals surface area contributed by atoms with E-state index in [0.717, 1.165) is 25.2 Å². The molecule has 0 spiro atoms. The highest BCUT2D eigenvalue weighted by Crippen LogP contribution is 2.58. The van der Waals surface area contributed by atoms with Crippen LogP contribution >= 0.6 is 0 Å². The van der Waals surface area contributed by atoms with Crippen LogP contribution in [0.2, 0.25) is 0 Å². The summed E-state index contributed by atoms with van der Waals surface area (Å²) in [6.45, 7) is 11.0. The molecule has 2 heteroatoms. The number of aliphatic hydroxyl groups is 2. The molecule has 0 bridgehead atoms. The van der Waals surface area contributed by atoms with Crippen molar-refractivity contribution in [2.24, 2.45) is 29.1 Å². The van der Waals surface area contributed by atoms with Gasteiger partial charge >= 0.3 is 0 Å². The second kappa shape index (κ2) is 6.20. The molecule has 2 fully saturated rings. The summed E-state index contributed by atoms with van der Waals surface area (Å²) in [5.41, 5.74) is -0.197. The zero-order chi connectivity index (χ0) is 15.8. The molecule has 0 aromatic carbocycles. The van der Waals surface area contributed by atoms with Crippen LogP contribution in [0.15, 0.2) is 0 Å². The van der Waals surface area contributed by atoms with Crippen LogP contribution in [0.4, 0.5) is 0 Å². The Kier molecular flexibility index (Phi) is 5.10. The first-order valence-electron chi connectivity index (χ1n) is 9.05. The van der Waals surface area contributed by atoms with Crippen molar-refractivity contribution in [3.8, 4) is 0 Å². The van der Waals surface area contributed by atoms with Gasteiger partial charge in [0.05, 0.1) is 11.7 Å². The van der Waals surface area contributed by atoms with E-state index in [4.69, 9.17) is 0 Å². The molecule has 0 unspecified atom stereocenters. The highest BCUT2D eigenvalue weighted by atomic mass is 16.3. The van der Waals surface area contributed by atoms with Crippen LogP contribution in [0.5, 0.6) is 0 Å². The average Bonchev–Trinajstić information content (AvgIpc) is 2.73. The predicted octanol–water partition coefficient (Wildman–Crippen LogP) is 4.39. The Hall–Kier alpha value is -0.0800. The minimum Gasteiger partial charge on any atom is -0.393 e. The Morgan fingerprint density at radius 1 is 1.19 bits per heavy atom. The largest absolute Gasteiger partial charge is 0.393 e. The predicted molar refractivity (Wildman–Crippen MR) is 88.0 cm³/mol. The van der Waals surface area contributed by atoms with E-state index in [0.29, 0.717) is 23.2 Å². The van der Waals surface area contributed by atoms with Crippen LogP contribution in [0, 0.1) is 29.1 Å². The third-order valence-corrected chi connectivity index (χ3v) is 6.91. The average molecular weight is 296 g/mol. The minimum atomic E-state index is -0.545. The maximum absolute atomic E-state index is 10.4. The number of fused-ring (bicyclic) bond motifs is 1. The van der Waals surface area contributed by atoms with Gasteiger partial charge in [-0.15, -0.1) is 0 Å². The summed E-state index contributed by atoms with van der Waals surface area (Å²) in [6.07, 6.45) is 7.91. The summed E-state index contributed by atoms with van der Waals surface area (Å²) in [7, 11) is 0. The second-order valence-electron chi connectivity index (χ2n) is 8.94. The van der Waals surface area contributed by atoms with Gasteiger partial charge < -0.3 is 10.2 Å². The Balaban J connectivity index is 2.00. The molecule has 2 N–H and O–H groups in total. The van der Waals surface area contributed by atoms with E-state index in [2.05, 4.69) is 20.8 Å². The zero-order valence-electron chi connectivity index (χ0n) is 14.7. The number of hydrogen-bond acceptors (Lipinski definition) is 2. The van der Waals surface area contributed by atoms with Crippen molar-refractivity contribution in [1.29, 1.82) is 0 Å². The first-order chi connectivity index (χ1) is 9.65. The standard InChI is InChI=1S/C19H36O2/c1-13(10-12-18(3,4)21)14(2)15-8-9-16-17(20)7-6-11-19(15,16)5/h13-17,20-21H,6-12H2,1-5H3/t13-,14-,15-,16+,17+,19-/m1/s1. The van der Waals surface area contributed by atoms with Gasteiger partial charge in [0.1, 0.15) is 0 Å². The van der Waals surface area contributed by atoms with Crippen LogP contribution in [-0.4, -0.2) is 21.9 Å². The van der Waals surface area contributed by atoms with Crippen molar-refractivity contribution < 1.29 is 10.2 Å². The Morgan fingerprint density at radius 3 is 2.48 bits per heavy atom. The summed E-state index contributed by atoms with van der Waals surface area (Å²) in [5.74, 6) is 2.61. The molecule has 2 aliphatic rings. The molecule has 124 valence electrons. The molecule has 6 atom stereocenters. The second-order valence-corrected chi connectivity index (χ2v) is 8.94. The molecule has 0 aromatic heterocycles. The summed E-state index contributed by atoms with van der Waals surface area (Å²) >= 11 is 0. The quantitative estimate of drug-likeness (QED) is 0.790. The van der Waals surface area contributed by atoms with Gasteiger partial charge in [-0.05, 0) is 81.5 Å². The minimum absolute atomic E-state index is 0.0624. The Morgan fingerprint density at radius 2 is 1.86 bits per heavy atom.